The van der Waals surface area contributed by atoms with Gasteiger partial charge in [0.2, 0.25) is 0 Å². The quantitative estimate of drug-likeness (QED) is 0.602. The topological polar surface area (TPSA) is 54.5 Å². The number of alkyl halides is 2. The Kier molecular flexibility index (Phi) is 5.44. The Morgan fingerprint density at radius 3 is 2.44 bits per heavy atom. The number of fused-ring (bicyclic) bond motifs is 1. The van der Waals surface area contributed by atoms with Gasteiger partial charge in [0, 0.05) is 23.5 Å². The zero-order valence-electron chi connectivity index (χ0n) is 15.8. The number of aromatic amines is 1. The third kappa shape index (κ3) is 4.27. The van der Waals surface area contributed by atoms with Crippen LogP contribution in [0.5, 0.6) is 0 Å². The summed E-state index contributed by atoms with van der Waals surface area (Å²) in [5.41, 5.74) is 4.13. The Balaban J connectivity index is 1.97. The highest BCUT2D eigenvalue weighted by molar-refractivity contribution is 5.81. The van der Waals surface area contributed by atoms with Gasteiger partial charge in [0.1, 0.15) is 24.0 Å². The zero-order valence-corrected chi connectivity index (χ0v) is 15.8. The van der Waals surface area contributed by atoms with Gasteiger partial charge in [-0.25, -0.2) is 23.7 Å². The molecule has 0 saturated heterocycles. The van der Waals surface area contributed by atoms with Gasteiger partial charge in [-0.15, -0.1) is 0 Å². The summed E-state index contributed by atoms with van der Waals surface area (Å²) >= 11 is 0. The van der Waals surface area contributed by atoms with Gasteiger partial charge in [-0.05, 0) is 51.0 Å². The van der Waals surface area contributed by atoms with E-state index in [0.29, 0.717) is 33.8 Å². The first-order chi connectivity index (χ1) is 12.8. The molecule has 2 heterocycles. The lowest BCUT2D eigenvalue weighted by Gasteiger charge is -2.05. The Bertz CT molecular complexity index is 999. The molecule has 27 heavy (non-hydrogen) atoms. The lowest BCUT2D eigenvalue weighted by Crippen LogP contribution is -1.99. The second kappa shape index (κ2) is 7.78. The van der Waals surface area contributed by atoms with Gasteiger partial charge in [0.15, 0.2) is 0 Å². The molecule has 1 aromatic carbocycles. The number of nitrogens with one attached hydrogen (secondary N) is 1. The maximum Gasteiger partial charge on any atom is 0.137 e. The molecule has 0 amide bonds. The largest absolute Gasteiger partial charge is 0.338 e. The third-order valence-corrected chi connectivity index (χ3v) is 4.42. The number of hydrogen-bond donors (Lipinski definition) is 1. The van der Waals surface area contributed by atoms with Crippen LogP contribution in [-0.4, -0.2) is 26.1 Å². The van der Waals surface area contributed by atoms with Gasteiger partial charge < -0.3 is 4.98 Å². The van der Waals surface area contributed by atoms with E-state index in [2.05, 4.69) is 19.9 Å². The summed E-state index contributed by atoms with van der Waals surface area (Å²) in [5.74, 6) is 1.14. The minimum Gasteiger partial charge on any atom is -0.338 e. The summed E-state index contributed by atoms with van der Waals surface area (Å²) < 4.78 is 27.8. The summed E-state index contributed by atoms with van der Waals surface area (Å²) in [6.45, 7) is 6.68. The van der Waals surface area contributed by atoms with E-state index in [0.717, 1.165) is 11.1 Å². The first-order valence-electron chi connectivity index (χ1n) is 8.81. The average molecular weight is 368 g/mol. The van der Waals surface area contributed by atoms with Crippen LogP contribution in [0.2, 0.25) is 0 Å². The molecule has 0 aliphatic carbocycles. The number of allylic oxidation sites excluding steroid dienone is 4. The third-order valence-electron chi connectivity index (χ3n) is 4.42. The predicted molar refractivity (Wildman–Crippen MR) is 105 cm³/mol. The Morgan fingerprint density at radius 1 is 1.11 bits per heavy atom. The van der Waals surface area contributed by atoms with E-state index in [9.17, 15) is 8.78 Å². The van der Waals surface area contributed by atoms with Crippen LogP contribution in [0.1, 0.15) is 49.7 Å². The molecule has 4 nitrogen and oxygen atoms in total. The maximum atomic E-state index is 14.3. The Morgan fingerprint density at radius 2 is 1.81 bits per heavy atom. The Hall–Kier alpha value is -2.89. The van der Waals surface area contributed by atoms with E-state index in [-0.39, 0.29) is 0 Å². The molecule has 0 radical (unpaired) electrons. The number of H-pyrrole nitrogens is 1. The first kappa shape index (κ1) is 18.9. The second-order valence-corrected chi connectivity index (χ2v) is 6.58. The van der Waals surface area contributed by atoms with Crippen LogP contribution in [0, 0.1) is 6.92 Å². The van der Waals surface area contributed by atoms with Crippen LogP contribution in [-0.2, 0) is 0 Å². The fourth-order valence-electron chi connectivity index (χ4n) is 2.72. The summed E-state index contributed by atoms with van der Waals surface area (Å²) in [7, 11) is 0. The molecule has 3 aromatic rings. The van der Waals surface area contributed by atoms with Crippen molar-refractivity contribution in [3.63, 3.8) is 0 Å². The molecule has 0 spiro atoms. The molecular formula is C21H22F2N4. The molecule has 0 bridgehead atoms. The molecule has 2 unspecified atom stereocenters. The SMILES string of the molecule is C/C(=C\C=C(\c1nc2ccc(C(C)F)cc2[nH]1)C(C)F)c1cnc(C)nc1. The fraction of sp³-hybridized carbons (Fsp3) is 0.286. The highest BCUT2D eigenvalue weighted by Gasteiger charge is 2.15. The summed E-state index contributed by atoms with van der Waals surface area (Å²) in [5, 5.41) is 0. The second-order valence-electron chi connectivity index (χ2n) is 6.58. The fourth-order valence-corrected chi connectivity index (χ4v) is 2.72. The van der Waals surface area contributed by atoms with Crippen molar-refractivity contribution in [3.05, 3.63) is 65.5 Å². The van der Waals surface area contributed by atoms with Crippen LogP contribution < -0.4 is 0 Å². The smallest absolute Gasteiger partial charge is 0.137 e. The molecule has 2 aromatic heterocycles. The van der Waals surface area contributed by atoms with Gasteiger partial charge in [-0.1, -0.05) is 18.2 Å². The molecule has 0 saturated carbocycles. The van der Waals surface area contributed by atoms with E-state index < -0.39 is 12.3 Å². The van der Waals surface area contributed by atoms with Crippen molar-refractivity contribution in [3.8, 4) is 0 Å². The monoisotopic (exact) mass is 368 g/mol. The number of nitrogens with zero attached hydrogens (tertiary/aromatic N) is 3. The summed E-state index contributed by atoms with van der Waals surface area (Å²) in [6.07, 6.45) is 4.71. The van der Waals surface area contributed by atoms with Crippen molar-refractivity contribution < 1.29 is 8.78 Å². The van der Waals surface area contributed by atoms with E-state index in [1.165, 1.54) is 13.8 Å². The number of imidazole rings is 1. The molecule has 140 valence electrons. The molecule has 1 N–H and O–H groups in total. The van der Waals surface area contributed by atoms with Gasteiger partial charge in [-0.2, -0.15) is 0 Å². The van der Waals surface area contributed by atoms with E-state index in [1.54, 1.807) is 36.7 Å². The number of halogens is 2. The van der Waals surface area contributed by atoms with Crippen molar-refractivity contribution in [2.75, 3.05) is 0 Å². The molecule has 0 fully saturated rings. The Labute approximate surface area is 157 Å². The summed E-state index contributed by atoms with van der Waals surface area (Å²) in [6, 6.07) is 5.15. The average Bonchev–Trinajstić information content (AvgIpc) is 3.04. The van der Waals surface area contributed by atoms with Gasteiger partial charge in [0.05, 0.1) is 11.0 Å². The number of rotatable bonds is 5. The van der Waals surface area contributed by atoms with Gasteiger partial charge >= 0.3 is 0 Å². The van der Waals surface area contributed by atoms with Crippen molar-refractivity contribution in [2.24, 2.45) is 0 Å². The first-order valence-corrected chi connectivity index (χ1v) is 8.81. The van der Waals surface area contributed by atoms with Crippen molar-refractivity contribution >= 4 is 22.2 Å². The molecule has 0 aliphatic heterocycles. The van der Waals surface area contributed by atoms with Crippen LogP contribution in [0.25, 0.3) is 22.2 Å². The number of benzene rings is 1. The number of hydrogen-bond acceptors (Lipinski definition) is 3. The van der Waals surface area contributed by atoms with E-state index in [1.807, 2.05) is 19.9 Å². The van der Waals surface area contributed by atoms with Crippen molar-refractivity contribution in [1.29, 1.82) is 0 Å². The van der Waals surface area contributed by atoms with Crippen LogP contribution in [0.4, 0.5) is 8.78 Å². The summed E-state index contributed by atoms with van der Waals surface area (Å²) in [4.78, 5) is 15.9. The lowest BCUT2D eigenvalue weighted by atomic mass is 10.1. The van der Waals surface area contributed by atoms with Crippen LogP contribution in [0.3, 0.4) is 0 Å². The minimum absolute atomic E-state index is 0.424. The highest BCUT2D eigenvalue weighted by atomic mass is 19.1. The molecule has 3 rings (SSSR count). The van der Waals surface area contributed by atoms with Crippen molar-refractivity contribution in [1.82, 2.24) is 19.9 Å². The number of aromatic nitrogens is 4. The standard InChI is InChI=1S/C21H22F2N4/c1-12(17-10-24-15(4)25-11-17)5-7-18(14(3)23)21-26-19-8-6-16(13(2)22)9-20(19)27-21/h5-11,13-14H,1-4H3,(H,26,27)/b12-5+,18-7+. The van der Waals surface area contributed by atoms with Crippen LogP contribution in [0.15, 0.2) is 42.7 Å². The van der Waals surface area contributed by atoms with Gasteiger partial charge in [0.25, 0.3) is 0 Å². The van der Waals surface area contributed by atoms with Crippen molar-refractivity contribution in [2.45, 2.75) is 40.0 Å². The molecule has 0 aliphatic rings. The molecule has 6 heteroatoms. The van der Waals surface area contributed by atoms with Crippen LogP contribution >= 0.6 is 0 Å². The minimum atomic E-state index is -1.22. The molecular weight excluding hydrogens is 346 g/mol. The maximum absolute atomic E-state index is 14.3. The normalized spacial score (nSPS) is 15.2. The van der Waals surface area contributed by atoms with E-state index >= 15 is 0 Å². The number of aryl methyl sites for hydroxylation is 1. The lowest BCUT2D eigenvalue weighted by molar-refractivity contribution is 0.374. The van der Waals surface area contributed by atoms with E-state index in [4.69, 9.17) is 0 Å². The predicted octanol–water partition coefficient (Wildman–Crippen LogP) is 5.54. The van der Waals surface area contributed by atoms with Gasteiger partial charge in [-0.3, -0.25) is 0 Å². The molecule has 2 atom stereocenters. The zero-order chi connectivity index (χ0) is 19.6. The highest BCUT2D eigenvalue weighted by Crippen LogP contribution is 2.25.